The normalized spacial score (nSPS) is 11.1. The van der Waals surface area contributed by atoms with Crippen LogP contribution in [0.2, 0.25) is 0 Å². The second-order valence-electron chi connectivity index (χ2n) is 2.82. The SMILES string of the molecule is COc1c(C=O)ncc(OC(F)(F)F)c1CCl. The van der Waals surface area contributed by atoms with Crippen LogP contribution >= 0.6 is 11.6 Å². The molecule has 4 nitrogen and oxygen atoms in total. The molecule has 8 heteroatoms. The molecule has 17 heavy (non-hydrogen) atoms. The minimum Gasteiger partial charge on any atom is -0.494 e. The zero-order valence-electron chi connectivity index (χ0n) is 8.55. The van der Waals surface area contributed by atoms with Crippen LogP contribution in [0.5, 0.6) is 11.5 Å². The van der Waals surface area contributed by atoms with Crippen molar-refractivity contribution in [3.63, 3.8) is 0 Å². The van der Waals surface area contributed by atoms with Gasteiger partial charge in [0.1, 0.15) is 5.69 Å². The van der Waals surface area contributed by atoms with Crippen LogP contribution in [0.15, 0.2) is 6.20 Å². The maximum atomic E-state index is 12.1. The third-order valence-corrected chi connectivity index (χ3v) is 2.07. The molecule has 0 atom stereocenters. The zero-order valence-corrected chi connectivity index (χ0v) is 9.30. The molecule has 1 aromatic rings. The summed E-state index contributed by atoms with van der Waals surface area (Å²) in [6.07, 6.45) is -3.74. The molecular formula is C9H7ClF3NO3. The number of nitrogens with zero attached hydrogens (tertiary/aromatic N) is 1. The Kier molecular flexibility index (Phi) is 4.17. The van der Waals surface area contributed by atoms with Gasteiger partial charge in [0, 0.05) is 0 Å². The number of methoxy groups -OCH3 is 1. The molecular weight excluding hydrogens is 263 g/mol. The first kappa shape index (κ1) is 13.6. The van der Waals surface area contributed by atoms with E-state index in [2.05, 4.69) is 9.72 Å². The van der Waals surface area contributed by atoms with Gasteiger partial charge >= 0.3 is 6.36 Å². The molecule has 0 aromatic carbocycles. The topological polar surface area (TPSA) is 48.4 Å². The molecule has 0 aliphatic rings. The van der Waals surface area contributed by atoms with Crippen LogP contribution in [0.25, 0.3) is 0 Å². The van der Waals surface area contributed by atoms with E-state index in [1.54, 1.807) is 0 Å². The molecule has 1 rings (SSSR count). The third-order valence-electron chi connectivity index (χ3n) is 1.80. The number of halogens is 4. The maximum Gasteiger partial charge on any atom is 0.573 e. The second kappa shape index (κ2) is 5.22. The quantitative estimate of drug-likeness (QED) is 0.622. The fourth-order valence-corrected chi connectivity index (χ4v) is 1.44. The number of aromatic nitrogens is 1. The lowest BCUT2D eigenvalue weighted by Gasteiger charge is -2.14. The highest BCUT2D eigenvalue weighted by Gasteiger charge is 2.33. The summed E-state index contributed by atoms with van der Waals surface area (Å²) >= 11 is 5.50. The van der Waals surface area contributed by atoms with Gasteiger partial charge in [0.05, 0.1) is 24.8 Å². The number of hydrogen-bond donors (Lipinski definition) is 0. The van der Waals surface area contributed by atoms with Gasteiger partial charge in [-0.25, -0.2) is 4.98 Å². The van der Waals surface area contributed by atoms with Gasteiger partial charge in [-0.2, -0.15) is 0 Å². The van der Waals surface area contributed by atoms with E-state index in [1.165, 1.54) is 7.11 Å². The Bertz CT molecular complexity index is 423. The summed E-state index contributed by atoms with van der Waals surface area (Å²) in [7, 11) is 1.19. The van der Waals surface area contributed by atoms with Crippen LogP contribution in [0, 0.1) is 0 Å². The number of pyridine rings is 1. The number of carbonyl (C=O) groups excluding carboxylic acids is 1. The van der Waals surface area contributed by atoms with Crippen molar-refractivity contribution in [2.75, 3.05) is 7.11 Å². The van der Waals surface area contributed by atoms with Crippen molar-refractivity contribution < 1.29 is 27.4 Å². The fourth-order valence-electron chi connectivity index (χ4n) is 1.18. The summed E-state index contributed by atoms with van der Waals surface area (Å²) in [4.78, 5) is 14.1. The second-order valence-corrected chi connectivity index (χ2v) is 3.09. The van der Waals surface area contributed by atoms with E-state index in [-0.39, 0.29) is 22.9 Å². The monoisotopic (exact) mass is 269 g/mol. The van der Waals surface area contributed by atoms with Crippen LogP contribution < -0.4 is 9.47 Å². The molecule has 0 radical (unpaired) electrons. The Morgan fingerprint density at radius 3 is 2.59 bits per heavy atom. The lowest BCUT2D eigenvalue weighted by atomic mass is 10.2. The van der Waals surface area contributed by atoms with Crippen molar-refractivity contribution in [1.82, 2.24) is 4.98 Å². The minimum atomic E-state index is -4.86. The average molecular weight is 270 g/mol. The first-order valence-corrected chi connectivity index (χ1v) is 4.79. The lowest BCUT2D eigenvalue weighted by Crippen LogP contribution is -2.18. The van der Waals surface area contributed by atoms with E-state index in [1.807, 2.05) is 0 Å². The molecule has 1 aromatic heterocycles. The maximum absolute atomic E-state index is 12.1. The number of rotatable bonds is 4. The van der Waals surface area contributed by atoms with Gasteiger partial charge in [-0.3, -0.25) is 4.79 Å². The summed E-state index contributed by atoms with van der Waals surface area (Å²) in [6, 6.07) is 0. The van der Waals surface area contributed by atoms with E-state index in [4.69, 9.17) is 16.3 Å². The molecule has 1 heterocycles. The molecule has 0 aliphatic carbocycles. The highest BCUT2D eigenvalue weighted by Crippen LogP contribution is 2.34. The molecule has 0 saturated heterocycles. The molecule has 0 fully saturated rings. The summed E-state index contributed by atoms with van der Waals surface area (Å²) in [5, 5.41) is 0. The Morgan fingerprint density at radius 2 is 2.18 bits per heavy atom. The number of ether oxygens (including phenoxy) is 2. The molecule has 0 N–H and O–H groups in total. The number of hydrogen-bond acceptors (Lipinski definition) is 4. The molecule has 94 valence electrons. The van der Waals surface area contributed by atoms with E-state index >= 15 is 0 Å². The van der Waals surface area contributed by atoms with Gasteiger partial charge in [-0.05, 0) is 0 Å². The molecule has 0 amide bonds. The third kappa shape index (κ3) is 3.23. The van der Waals surface area contributed by atoms with Gasteiger partial charge in [0.15, 0.2) is 17.8 Å². The van der Waals surface area contributed by atoms with Gasteiger partial charge in [0.25, 0.3) is 0 Å². The molecule has 0 unspecified atom stereocenters. The molecule has 0 saturated carbocycles. The van der Waals surface area contributed by atoms with Gasteiger partial charge in [-0.15, -0.1) is 24.8 Å². The smallest absolute Gasteiger partial charge is 0.494 e. The predicted molar refractivity (Wildman–Crippen MR) is 52.4 cm³/mol. The molecule has 0 spiro atoms. The summed E-state index contributed by atoms with van der Waals surface area (Å²) in [5.74, 6) is -1.02. The van der Waals surface area contributed by atoms with Crippen LogP contribution in [0.1, 0.15) is 16.1 Å². The highest BCUT2D eigenvalue weighted by molar-refractivity contribution is 6.17. The average Bonchev–Trinajstić information content (AvgIpc) is 2.26. The standard InChI is InChI=1S/C9H7ClF3NO3/c1-16-8-5(2-10)7(17-9(11,12)13)3-14-6(8)4-15/h3-4H,2H2,1H3. The number of aldehydes is 1. The Labute approximate surface area is 99.3 Å². The zero-order chi connectivity index (χ0) is 13.1. The predicted octanol–water partition coefficient (Wildman–Crippen LogP) is 2.54. The first-order chi connectivity index (χ1) is 7.92. The first-order valence-electron chi connectivity index (χ1n) is 4.25. The van der Waals surface area contributed by atoms with Crippen molar-refractivity contribution in [2.24, 2.45) is 0 Å². The van der Waals surface area contributed by atoms with Crippen LogP contribution in [-0.4, -0.2) is 24.7 Å². The largest absolute Gasteiger partial charge is 0.573 e. The Hall–Kier alpha value is -1.50. The van der Waals surface area contributed by atoms with Crippen LogP contribution in [0.3, 0.4) is 0 Å². The van der Waals surface area contributed by atoms with Crippen LogP contribution in [0.4, 0.5) is 13.2 Å². The van der Waals surface area contributed by atoms with E-state index in [0.29, 0.717) is 6.29 Å². The summed E-state index contributed by atoms with van der Waals surface area (Å²) in [5.41, 5.74) is -0.221. The Morgan fingerprint density at radius 1 is 1.53 bits per heavy atom. The van der Waals surface area contributed by atoms with Gasteiger partial charge in [0.2, 0.25) is 0 Å². The number of alkyl halides is 4. The van der Waals surface area contributed by atoms with Crippen molar-refractivity contribution >= 4 is 17.9 Å². The lowest BCUT2D eigenvalue weighted by molar-refractivity contribution is -0.275. The summed E-state index contributed by atoms with van der Waals surface area (Å²) < 4.78 is 44.7. The minimum absolute atomic E-state index is 0.0800. The van der Waals surface area contributed by atoms with Gasteiger partial charge < -0.3 is 9.47 Å². The van der Waals surface area contributed by atoms with Crippen molar-refractivity contribution in [2.45, 2.75) is 12.2 Å². The molecule has 0 aliphatic heterocycles. The summed E-state index contributed by atoms with van der Waals surface area (Å²) in [6.45, 7) is 0. The Balaban J connectivity index is 3.28. The van der Waals surface area contributed by atoms with Crippen molar-refractivity contribution in [3.8, 4) is 11.5 Å². The van der Waals surface area contributed by atoms with Crippen LogP contribution in [-0.2, 0) is 5.88 Å². The highest BCUT2D eigenvalue weighted by atomic mass is 35.5. The molecule has 0 bridgehead atoms. The van der Waals surface area contributed by atoms with Gasteiger partial charge in [-0.1, -0.05) is 0 Å². The van der Waals surface area contributed by atoms with E-state index < -0.39 is 12.1 Å². The van der Waals surface area contributed by atoms with E-state index in [9.17, 15) is 18.0 Å². The van der Waals surface area contributed by atoms with E-state index in [0.717, 1.165) is 6.20 Å². The number of carbonyl (C=O) groups is 1. The van der Waals surface area contributed by atoms with Crippen molar-refractivity contribution in [3.05, 3.63) is 17.5 Å². The van der Waals surface area contributed by atoms with Crippen molar-refractivity contribution in [1.29, 1.82) is 0 Å². The fraction of sp³-hybridized carbons (Fsp3) is 0.333.